The van der Waals surface area contributed by atoms with Crippen molar-refractivity contribution in [2.24, 2.45) is 0 Å². The summed E-state index contributed by atoms with van der Waals surface area (Å²) in [5.74, 6) is 1.28. The third-order valence-electron chi connectivity index (χ3n) is 4.10. The first kappa shape index (κ1) is 15.5. The number of benzene rings is 1. The summed E-state index contributed by atoms with van der Waals surface area (Å²) < 4.78 is 12.0. The highest BCUT2D eigenvalue weighted by Crippen LogP contribution is 2.35. The molecule has 0 fully saturated rings. The molecule has 128 valence electrons. The molecule has 1 aliphatic heterocycles. The van der Waals surface area contributed by atoms with Gasteiger partial charge in [0.05, 0.1) is 5.56 Å². The van der Waals surface area contributed by atoms with Gasteiger partial charge in [-0.2, -0.15) is 0 Å². The van der Waals surface area contributed by atoms with Crippen molar-refractivity contribution in [3.05, 3.63) is 52.6 Å². The molecule has 7 nitrogen and oxygen atoms in total. The number of fused-ring (bicyclic) bond motifs is 2. The molecule has 1 N–H and O–H groups in total. The van der Waals surface area contributed by atoms with E-state index in [1.807, 2.05) is 19.0 Å². The standard InChI is InChI=1S/C18H17N3O4/c1-20(2)9-12-5-6-21-17(16(12)22)19-8-13(18(21)23)11-3-4-14-15(7-11)25-10-24-14/h3-8,22H,9-10H2,1-2H3. The fourth-order valence-corrected chi connectivity index (χ4v) is 2.90. The molecule has 3 aromatic rings. The fraction of sp³-hybridized carbons (Fsp3) is 0.222. The minimum atomic E-state index is -0.254. The van der Waals surface area contributed by atoms with Crippen LogP contribution in [0.25, 0.3) is 16.8 Å². The molecule has 1 aliphatic rings. The summed E-state index contributed by atoms with van der Waals surface area (Å²) in [7, 11) is 3.82. The van der Waals surface area contributed by atoms with E-state index in [4.69, 9.17) is 9.47 Å². The largest absolute Gasteiger partial charge is 0.504 e. The molecule has 0 bridgehead atoms. The van der Waals surface area contributed by atoms with Gasteiger partial charge in [-0.15, -0.1) is 0 Å². The van der Waals surface area contributed by atoms with Crippen LogP contribution >= 0.6 is 0 Å². The Morgan fingerprint density at radius 2 is 2.04 bits per heavy atom. The average Bonchev–Trinajstić information content (AvgIpc) is 3.05. The van der Waals surface area contributed by atoms with Gasteiger partial charge in [0, 0.05) is 24.5 Å². The van der Waals surface area contributed by atoms with E-state index in [2.05, 4.69) is 4.98 Å². The Kier molecular flexibility index (Phi) is 3.58. The lowest BCUT2D eigenvalue weighted by Gasteiger charge is -2.13. The number of aromatic nitrogens is 2. The maximum Gasteiger partial charge on any atom is 0.265 e. The van der Waals surface area contributed by atoms with Crippen LogP contribution < -0.4 is 15.0 Å². The summed E-state index contributed by atoms with van der Waals surface area (Å²) in [6.45, 7) is 0.735. The number of pyridine rings is 1. The highest BCUT2D eigenvalue weighted by atomic mass is 16.7. The van der Waals surface area contributed by atoms with E-state index in [-0.39, 0.29) is 23.7 Å². The Bertz CT molecular complexity index is 1030. The first-order chi connectivity index (χ1) is 12.0. The minimum absolute atomic E-state index is 0.0190. The monoisotopic (exact) mass is 339 g/mol. The quantitative estimate of drug-likeness (QED) is 0.785. The van der Waals surface area contributed by atoms with Gasteiger partial charge in [0.2, 0.25) is 6.79 Å². The second-order valence-electron chi connectivity index (χ2n) is 6.17. The zero-order valence-electron chi connectivity index (χ0n) is 13.9. The van der Waals surface area contributed by atoms with E-state index in [1.165, 1.54) is 10.6 Å². The molecule has 0 atom stereocenters. The Balaban J connectivity index is 1.85. The summed E-state index contributed by atoms with van der Waals surface area (Å²) in [4.78, 5) is 19.1. The summed E-state index contributed by atoms with van der Waals surface area (Å²) in [5.41, 5.74) is 1.82. The second kappa shape index (κ2) is 5.78. The average molecular weight is 339 g/mol. The van der Waals surface area contributed by atoms with Crippen LogP contribution in [0.3, 0.4) is 0 Å². The molecule has 4 rings (SSSR count). The number of nitrogens with zero attached hydrogens (tertiary/aromatic N) is 3. The molecule has 1 aromatic carbocycles. The van der Waals surface area contributed by atoms with Crippen LogP contribution in [-0.2, 0) is 6.54 Å². The third-order valence-corrected chi connectivity index (χ3v) is 4.10. The maximum atomic E-state index is 12.8. The van der Waals surface area contributed by atoms with E-state index in [1.54, 1.807) is 30.5 Å². The Hall–Kier alpha value is -3.06. The number of hydrogen-bond donors (Lipinski definition) is 1. The van der Waals surface area contributed by atoms with Crippen molar-refractivity contribution in [2.45, 2.75) is 6.54 Å². The zero-order chi connectivity index (χ0) is 17.6. The van der Waals surface area contributed by atoms with Crippen molar-refractivity contribution in [3.63, 3.8) is 0 Å². The minimum Gasteiger partial charge on any atom is -0.504 e. The molecule has 0 saturated carbocycles. The van der Waals surface area contributed by atoms with Gasteiger partial charge in [-0.1, -0.05) is 6.07 Å². The van der Waals surface area contributed by atoms with Crippen molar-refractivity contribution in [3.8, 4) is 28.4 Å². The molecule has 0 radical (unpaired) electrons. The number of aromatic hydroxyl groups is 1. The molecule has 7 heteroatoms. The van der Waals surface area contributed by atoms with Crippen molar-refractivity contribution in [1.82, 2.24) is 14.3 Å². The fourth-order valence-electron chi connectivity index (χ4n) is 2.90. The smallest absolute Gasteiger partial charge is 0.265 e. The molecule has 2 aromatic heterocycles. The van der Waals surface area contributed by atoms with Crippen LogP contribution in [0, 0.1) is 0 Å². The zero-order valence-corrected chi connectivity index (χ0v) is 13.9. The lowest BCUT2D eigenvalue weighted by molar-refractivity contribution is 0.174. The van der Waals surface area contributed by atoms with E-state index in [0.717, 1.165) is 0 Å². The second-order valence-corrected chi connectivity index (χ2v) is 6.17. The first-order valence-electron chi connectivity index (χ1n) is 7.81. The lowest BCUT2D eigenvalue weighted by Crippen LogP contribution is -2.18. The number of hydrogen-bond acceptors (Lipinski definition) is 6. The molecular weight excluding hydrogens is 322 g/mol. The van der Waals surface area contributed by atoms with Crippen molar-refractivity contribution in [1.29, 1.82) is 0 Å². The summed E-state index contributed by atoms with van der Waals surface area (Å²) in [6.07, 6.45) is 3.12. The van der Waals surface area contributed by atoms with Crippen LogP contribution in [0.4, 0.5) is 0 Å². The number of ether oxygens (including phenoxy) is 2. The summed E-state index contributed by atoms with van der Waals surface area (Å²) in [6, 6.07) is 7.05. The summed E-state index contributed by atoms with van der Waals surface area (Å²) >= 11 is 0. The molecule has 25 heavy (non-hydrogen) atoms. The van der Waals surface area contributed by atoms with Crippen LogP contribution in [-0.4, -0.2) is 40.3 Å². The molecular formula is C18H17N3O4. The van der Waals surface area contributed by atoms with Crippen molar-refractivity contribution in [2.75, 3.05) is 20.9 Å². The molecule has 0 amide bonds. The first-order valence-corrected chi connectivity index (χ1v) is 7.81. The van der Waals surface area contributed by atoms with Crippen LogP contribution in [0.15, 0.2) is 41.5 Å². The van der Waals surface area contributed by atoms with E-state index in [9.17, 15) is 9.90 Å². The molecule has 0 aliphatic carbocycles. The van der Waals surface area contributed by atoms with Gasteiger partial charge in [-0.05, 0) is 37.9 Å². The molecule has 0 spiro atoms. The van der Waals surface area contributed by atoms with E-state index >= 15 is 0 Å². The van der Waals surface area contributed by atoms with Gasteiger partial charge in [-0.25, -0.2) is 4.98 Å². The van der Waals surface area contributed by atoms with Crippen LogP contribution in [0.2, 0.25) is 0 Å². The summed E-state index contributed by atoms with van der Waals surface area (Å²) in [5, 5.41) is 10.4. The molecule has 0 saturated heterocycles. The normalized spacial score (nSPS) is 12.9. The van der Waals surface area contributed by atoms with Gasteiger partial charge in [0.25, 0.3) is 5.56 Å². The third kappa shape index (κ3) is 2.58. The van der Waals surface area contributed by atoms with Gasteiger partial charge in [0.1, 0.15) is 0 Å². The van der Waals surface area contributed by atoms with E-state index in [0.29, 0.717) is 34.7 Å². The van der Waals surface area contributed by atoms with Gasteiger partial charge >= 0.3 is 0 Å². The lowest BCUT2D eigenvalue weighted by atomic mass is 10.1. The van der Waals surface area contributed by atoms with Gasteiger partial charge in [0.15, 0.2) is 22.9 Å². The Morgan fingerprint density at radius 1 is 1.24 bits per heavy atom. The Morgan fingerprint density at radius 3 is 2.84 bits per heavy atom. The highest BCUT2D eigenvalue weighted by Gasteiger charge is 2.17. The van der Waals surface area contributed by atoms with Crippen LogP contribution in [0.1, 0.15) is 5.56 Å². The maximum absolute atomic E-state index is 12.8. The van der Waals surface area contributed by atoms with Crippen molar-refractivity contribution < 1.29 is 14.6 Å². The predicted molar refractivity (Wildman–Crippen MR) is 92.1 cm³/mol. The topological polar surface area (TPSA) is 76.3 Å². The van der Waals surface area contributed by atoms with Crippen LogP contribution in [0.5, 0.6) is 17.2 Å². The molecule has 3 heterocycles. The van der Waals surface area contributed by atoms with Gasteiger partial charge < -0.3 is 19.5 Å². The SMILES string of the molecule is CN(C)Cc1ccn2c(=O)c(-c3ccc4c(c3)OCO4)cnc2c1O. The van der Waals surface area contributed by atoms with E-state index < -0.39 is 0 Å². The van der Waals surface area contributed by atoms with Crippen molar-refractivity contribution >= 4 is 5.65 Å². The van der Waals surface area contributed by atoms with Gasteiger partial charge in [-0.3, -0.25) is 9.20 Å². The number of rotatable bonds is 3. The Labute approximate surface area is 143 Å². The molecule has 0 unspecified atom stereocenters. The highest BCUT2D eigenvalue weighted by molar-refractivity contribution is 5.68. The predicted octanol–water partition coefficient (Wildman–Crippen LogP) is 1.86.